The summed E-state index contributed by atoms with van der Waals surface area (Å²) in [5.74, 6) is 1.42. The predicted molar refractivity (Wildman–Crippen MR) is 79.4 cm³/mol. The summed E-state index contributed by atoms with van der Waals surface area (Å²) < 4.78 is 6.71. The lowest BCUT2D eigenvalue weighted by atomic mass is 9.64. The molecule has 0 heterocycles. The topological polar surface area (TPSA) is 35.2 Å². The van der Waals surface area contributed by atoms with Gasteiger partial charge in [-0.3, -0.25) is 0 Å². The van der Waals surface area contributed by atoms with E-state index in [1.165, 1.54) is 30.4 Å². The van der Waals surface area contributed by atoms with Crippen LogP contribution in [0.15, 0.2) is 16.6 Å². The Bertz CT molecular complexity index is 433. The quantitative estimate of drug-likeness (QED) is 0.913. The normalized spacial score (nSPS) is 17.7. The molecule has 1 fully saturated rings. The van der Waals surface area contributed by atoms with Crippen molar-refractivity contribution in [2.45, 2.75) is 44.4 Å². The highest BCUT2D eigenvalue weighted by molar-refractivity contribution is 9.10. The SMILES string of the molecule is COc1cc(C2(CN)CCC2)cc(Br)c1C(C)C. The van der Waals surface area contributed by atoms with Crippen molar-refractivity contribution in [1.82, 2.24) is 0 Å². The zero-order valence-corrected chi connectivity index (χ0v) is 13.0. The second kappa shape index (κ2) is 5.22. The average molecular weight is 312 g/mol. The molecule has 1 aliphatic carbocycles. The van der Waals surface area contributed by atoms with E-state index in [0.717, 1.165) is 16.8 Å². The number of hydrogen-bond acceptors (Lipinski definition) is 2. The smallest absolute Gasteiger partial charge is 0.123 e. The van der Waals surface area contributed by atoms with Gasteiger partial charge in [0.2, 0.25) is 0 Å². The maximum atomic E-state index is 5.98. The van der Waals surface area contributed by atoms with Gasteiger partial charge in [0.1, 0.15) is 5.75 Å². The number of rotatable bonds is 4. The van der Waals surface area contributed by atoms with Crippen molar-refractivity contribution in [1.29, 1.82) is 0 Å². The molecule has 1 aliphatic rings. The maximum absolute atomic E-state index is 5.98. The molecule has 0 atom stereocenters. The van der Waals surface area contributed by atoms with Crippen molar-refractivity contribution < 1.29 is 4.74 Å². The molecular weight excluding hydrogens is 290 g/mol. The molecule has 0 aliphatic heterocycles. The third kappa shape index (κ3) is 2.19. The van der Waals surface area contributed by atoms with Crippen LogP contribution in [0.5, 0.6) is 5.75 Å². The molecule has 2 rings (SSSR count). The standard InChI is InChI=1S/C15H22BrNO/c1-10(2)14-12(16)7-11(8-13(14)18-3)15(9-17)5-4-6-15/h7-8,10H,4-6,9,17H2,1-3H3. The van der Waals surface area contributed by atoms with Crippen LogP contribution in [-0.2, 0) is 5.41 Å². The number of methoxy groups -OCH3 is 1. The first kappa shape index (κ1) is 13.9. The number of ether oxygens (including phenoxy) is 1. The number of hydrogen-bond donors (Lipinski definition) is 1. The van der Waals surface area contributed by atoms with Crippen LogP contribution in [-0.4, -0.2) is 13.7 Å². The van der Waals surface area contributed by atoms with Crippen LogP contribution in [0.2, 0.25) is 0 Å². The Morgan fingerprint density at radius 2 is 2.06 bits per heavy atom. The summed E-state index contributed by atoms with van der Waals surface area (Å²) >= 11 is 3.69. The second-order valence-electron chi connectivity index (χ2n) is 5.57. The van der Waals surface area contributed by atoms with Gasteiger partial charge in [0.25, 0.3) is 0 Å². The Hall–Kier alpha value is -0.540. The highest BCUT2D eigenvalue weighted by Gasteiger charge is 2.38. The summed E-state index contributed by atoms with van der Waals surface area (Å²) in [6, 6.07) is 4.43. The van der Waals surface area contributed by atoms with E-state index in [1.54, 1.807) is 7.11 Å². The van der Waals surface area contributed by atoms with E-state index >= 15 is 0 Å². The van der Waals surface area contributed by atoms with Gasteiger partial charge in [-0.25, -0.2) is 0 Å². The van der Waals surface area contributed by atoms with Crippen LogP contribution in [0.3, 0.4) is 0 Å². The van der Waals surface area contributed by atoms with Crippen LogP contribution in [0.25, 0.3) is 0 Å². The Labute approximate surface area is 118 Å². The van der Waals surface area contributed by atoms with Gasteiger partial charge in [-0.05, 0) is 36.5 Å². The first-order valence-electron chi connectivity index (χ1n) is 6.62. The summed E-state index contributed by atoms with van der Waals surface area (Å²) in [5.41, 5.74) is 8.74. The molecule has 0 amide bonds. The minimum Gasteiger partial charge on any atom is -0.496 e. The fourth-order valence-electron chi connectivity index (χ4n) is 2.84. The van der Waals surface area contributed by atoms with Crippen molar-refractivity contribution in [2.75, 3.05) is 13.7 Å². The molecule has 2 nitrogen and oxygen atoms in total. The summed E-state index contributed by atoms with van der Waals surface area (Å²) in [6.07, 6.45) is 3.67. The van der Waals surface area contributed by atoms with E-state index in [-0.39, 0.29) is 5.41 Å². The Kier molecular flexibility index (Phi) is 4.02. The summed E-state index contributed by atoms with van der Waals surface area (Å²) in [7, 11) is 1.74. The minimum atomic E-state index is 0.186. The van der Waals surface area contributed by atoms with Crippen LogP contribution < -0.4 is 10.5 Å². The third-order valence-corrected chi connectivity index (χ3v) is 4.86. The van der Waals surface area contributed by atoms with Crippen LogP contribution in [0, 0.1) is 0 Å². The zero-order valence-electron chi connectivity index (χ0n) is 11.4. The molecule has 18 heavy (non-hydrogen) atoms. The first-order valence-corrected chi connectivity index (χ1v) is 7.41. The van der Waals surface area contributed by atoms with Crippen molar-refractivity contribution in [3.8, 4) is 5.75 Å². The van der Waals surface area contributed by atoms with Crippen LogP contribution in [0.4, 0.5) is 0 Å². The lowest BCUT2D eigenvalue weighted by Crippen LogP contribution is -2.41. The molecule has 0 aromatic heterocycles. The molecular formula is C15H22BrNO. The summed E-state index contributed by atoms with van der Waals surface area (Å²) in [5, 5.41) is 0. The molecule has 1 aromatic rings. The maximum Gasteiger partial charge on any atom is 0.123 e. The van der Waals surface area contributed by atoms with Crippen LogP contribution in [0.1, 0.15) is 50.2 Å². The van der Waals surface area contributed by atoms with Gasteiger partial charge < -0.3 is 10.5 Å². The van der Waals surface area contributed by atoms with Crippen molar-refractivity contribution >= 4 is 15.9 Å². The van der Waals surface area contributed by atoms with Gasteiger partial charge in [0.05, 0.1) is 7.11 Å². The van der Waals surface area contributed by atoms with Gasteiger partial charge in [-0.15, -0.1) is 0 Å². The molecule has 1 aromatic carbocycles. The Balaban J connectivity index is 2.49. The first-order chi connectivity index (χ1) is 8.54. The lowest BCUT2D eigenvalue weighted by molar-refractivity contribution is 0.252. The van der Waals surface area contributed by atoms with E-state index in [2.05, 4.69) is 41.9 Å². The van der Waals surface area contributed by atoms with Crippen molar-refractivity contribution in [3.63, 3.8) is 0 Å². The highest BCUT2D eigenvalue weighted by atomic mass is 79.9. The van der Waals surface area contributed by atoms with Gasteiger partial charge >= 0.3 is 0 Å². The lowest BCUT2D eigenvalue weighted by Gasteiger charge is -2.42. The summed E-state index contributed by atoms with van der Waals surface area (Å²) in [4.78, 5) is 0. The molecule has 0 saturated heterocycles. The molecule has 0 spiro atoms. The number of benzene rings is 1. The Morgan fingerprint density at radius 1 is 1.39 bits per heavy atom. The van der Waals surface area contributed by atoms with E-state index < -0.39 is 0 Å². The monoisotopic (exact) mass is 311 g/mol. The Morgan fingerprint density at radius 3 is 2.44 bits per heavy atom. The minimum absolute atomic E-state index is 0.186. The van der Waals surface area contributed by atoms with Gasteiger partial charge in [0, 0.05) is 22.0 Å². The molecule has 100 valence electrons. The predicted octanol–water partition coefficient (Wildman–Crippen LogP) is 3.96. The van der Waals surface area contributed by atoms with Gasteiger partial charge in [-0.1, -0.05) is 36.2 Å². The highest BCUT2D eigenvalue weighted by Crippen LogP contribution is 2.46. The molecule has 3 heteroatoms. The van der Waals surface area contributed by atoms with Crippen LogP contribution >= 0.6 is 15.9 Å². The number of nitrogens with two attached hydrogens (primary N) is 1. The molecule has 2 N–H and O–H groups in total. The molecule has 0 bridgehead atoms. The largest absolute Gasteiger partial charge is 0.496 e. The molecule has 0 unspecified atom stereocenters. The van der Waals surface area contributed by atoms with E-state index in [0.29, 0.717) is 5.92 Å². The second-order valence-corrected chi connectivity index (χ2v) is 6.42. The molecule has 0 radical (unpaired) electrons. The average Bonchev–Trinajstić information content (AvgIpc) is 2.26. The van der Waals surface area contributed by atoms with E-state index in [9.17, 15) is 0 Å². The fourth-order valence-corrected chi connectivity index (χ4v) is 3.74. The van der Waals surface area contributed by atoms with E-state index in [1.807, 2.05) is 0 Å². The molecule has 1 saturated carbocycles. The summed E-state index contributed by atoms with van der Waals surface area (Å²) in [6.45, 7) is 5.10. The third-order valence-electron chi connectivity index (χ3n) is 4.20. The van der Waals surface area contributed by atoms with Gasteiger partial charge in [0.15, 0.2) is 0 Å². The van der Waals surface area contributed by atoms with E-state index in [4.69, 9.17) is 10.5 Å². The number of halogens is 1. The van der Waals surface area contributed by atoms with Crippen molar-refractivity contribution in [3.05, 3.63) is 27.7 Å². The van der Waals surface area contributed by atoms with Crippen molar-refractivity contribution in [2.24, 2.45) is 5.73 Å². The zero-order chi connectivity index (χ0) is 13.3. The van der Waals surface area contributed by atoms with Gasteiger partial charge in [-0.2, -0.15) is 0 Å². The fraction of sp³-hybridized carbons (Fsp3) is 0.600.